The lowest BCUT2D eigenvalue weighted by Gasteiger charge is -2.38. The summed E-state index contributed by atoms with van der Waals surface area (Å²) in [5, 5.41) is 12.7. The van der Waals surface area contributed by atoms with Gasteiger partial charge in [0.05, 0.1) is 18.9 Å². The van der Waals surface area contributed by atoms with Crippen LogP contribution in [0.5, 0.6) is 0 Å². The number of nitrogens with one attached hydrogen (secondary N) is 1. The lowest BCUT2D eigenvalue weighted by Crippen LogP contribution is -2.51. The first kappa shape index (κ1) is 27.3. The third-order valence-corrected chi connectivity index (χ3v) is 7.42. The average Bonchev–Trinajstić information content (AvgIpc) is 3.29. The Bertz CT molecular complexity index is 1060. The molecule has 1 saturated heterocycles. The molecule has 2 heterocycles. The maximum absolute atomic E-state index is 13.7. The van der Waals surface area contributed by atoms with E-state index >= 15 is 0 Å². The van der Waals surface area contributed by atoms with Gasteiger partial charge in [0.1, 0.15) is 12.1 Å². The molecule has 0 bridgehead atoms. The number of aliphatic carboxylic acids is 1. The summed E-state index contributed by atoms with van der Waals surface area (Å²) in [6, 6.07) is 7.48. The molecular formula is C27H36ClN5O4. The fourth-order valence-corrected chi connectivity index (χ4v) is 5.21. The number of rotatable bonds is 12. The zero-order valence-electron chi connectivity index (χ0n) is 21.4. The number of amides is 1. The monoisotopic (exact) mass is 529 g/mol. The summed E-state index contributed by atoms with van der Waals surface area (Å²) < 4.78 is 5.35. The first-order chi connectivity index (χ1) is 17.9. The number of carboxylic acid groups (broad SMARTS) is 1. The van der Waals surface area contributed by atoms with Crippen molar-refractivity contribution in [1.82, 2.24) is 20.2 Å². The van der Waals surface area contributed by atoms with E-state index in [1.165, 1.54) is 5.56 Å². The molecule has 0 saturated carbocycles. The molecule has 1 aromatic heterocycles. The van der Waals surface area contributed by atoms with Crippen LogP contribution in [0.3, 0.4) is 0 Å². The highest BCUT2D eigenvalue weighted by molar-refractivity contribution is 6.30. The molecular weight excluding hydrogens is 494 g/mol. The summed E-state index contributed by atoms with van der Waals surface area (Å²) in [5.74, 6) is 0.421. The average molecular weight is 530 g/mol. The number of anilines is 1. The van der Waals surface area contributed by atoms with Crippen LogP contribution >= 0.6 is 11.6 Å². The maximum atomic E-state index is 13.7. The van der Waals surface area contributed by atoms with Crippen molar-refractivity contribution in [1.29, 1.82) is 0 Å². The normalized spacial score (nSPS) is 18.1. The second-order valence-electron chi connectivity index (χ2n) is 9.73. The minimum absolute atomic E-state index is 0.00651. The van der Waals surface area contributed by atoms with E-state index in [1.54, 1.807) is 6.33 Å². The fourth-order valence-electron chi connectivity index (χ4n) is 5.08. The van der Waals surface area contributed by atoms with Gasteiger partial charge in [-0.3, -0.25) is 9.59 Å². The number of aromatic nitrogens is 2. The molecule has 2 atom stereocenters. The Morgan fingerprint density at radius 2 is 1.92 bits per heavy atom. The van der Waals surface area contributed by atoms with Crippen LogP contribution in [0.1, 0.15) is 54.8 Å². The SMILES string of the molecule is C[C@@H]1CCc2ncnc(N3CCN(C(=O)[C@H](CNCCCOCCC(=O)O)c4ccc(Cl)cc4)CC3)c21. The van der Waals surface area contributed by atoms with Crippen LogP contribution < -0.4 is 10.2 Å². The van der Waals surface area contributed by atoms with E-state index in [0.717, 1.165) is 49.4 Å². The summed E-state index contributed by atoms with van der Waals surface area (Å²) >= 11 is 6.10. The molecule has 1 fully saturated rings. The molecule has 2 aliphatic rings. The van der Waals surface area contributed by atoms with Gasteiger partial charge < -0.3 is 25.0 Å². The van der Waals surface area contributed by atoms with Gasteiger partial charge >= 0.3 is 5.97 Å². The van der Waals surface area contributed by atoms with Crippen LogP contribution in [0.25, 0.3) is 0 Å². The molecule has 0 unspecified atom stereocenters. The number of fused-ring (bicyclic) bond motifs is 1. The maximum Gasteiger partial charge on any atom is 0.305 e. The van der Waals surface area contributed by atoms with Crippen LogP contribution in [-0.2, 0) is 20.7 Å². The molecule has 1 amide bonds. The first-order valence-electron chi connectivity index (χ1n) is 13.1. The largest absolute Gasteiger partial charge is 0.481 e. The predicted molar refractivity (Wildman–Crippen MR) is 142 cm³/mol. The number of hydrogen-bond acceptors (Lipinski definition) is 7. The van der Waals surface area contributed by atoms with Crippen molar-refractivity contribution in [3.63, 3.8) is 0 Å². The molecule has 0 spiro atoms. The Hall–Kier alpha value is -2.75. The van der Waals surface area contributed by atoms with Crippen molar-refractivity contribution < 1.29 is 19.4 Å². The molecule has 200 valence electrons. The number of carboxylic acids is 1. The Morgan fingerprint density at radius 1 is 1.16 bits per heavy atom. The van der Waals surface area contributed by atoms with Crippen LogP contribution in [0, 0.1) is 0 Å². The van der Waals surface area contributed by atoms with Crippen LogP contribution in [0.15, 0.2) is 30.6 Å². The number of hydrogen-bond donors (Lipinski definition) is 2. The molecule has 9 nitrogen and oxygen atoms in total. The van der Waals surface area contributed by atoms with Gasteiger partial charge in [0.25, 0.3) is 0 Å². The second kappa shape index (κ2) is 13.2. The van der Waals surface area contributed by atoms with Crippen LogP contribution in [0.4, 0.5) is 5.82 Å². The Kier molecular flexibility index (Phi) is 9.71. The summed E-state index contributed by atoms with van der Waals surface area (Å²) in [4.78, 5) is 37.6. The highest BCUT2D eigenvalue weighted by Gasteiger charge is 2.31. The molecule has 2 aromatic rings. The zero-order valence-corrected chi connectivity index (χ0v) is 22.1. The number of benzene rings is 1. The molecule has 1 aliphatic carbocycles. The van der Waals surface area contributed by atoms with Crippen molar-refractivity contribution in [3.8, 4) is 0 Å². The van der Waals surface area contributed by atoms with Gasteiger partial charge in [0.2, 0.25) is 5.91 Å². The van der Waals surface area contributed by atoms with Gasteiger partial charge in [-0.15, -0.1) is 0 Å². The third kappa shape index (κ3) is 7.18. The molecule has 1 aromatic carbocycles. The van der Waals surface area contributed by atoms with Crippen molar-refractivity contribution in [2.75, 3.05) is 57.4 Å². The Labute approximate surface area is 223 Å². The molecule has 1 aliphatic heterocycles. The summed E-state index contributed by atoms with van der Waals surface area (Å²) in [7, 11) is 0. The number of carbonyl (C=O) groups is 2. The minimum Gasteiger partial charge on any atom is -0.481 e. The van der Waals surface area contributed by atoms with Crippen LogP contribution in [0.2, 0.25) is 5.02 Å². The zero-order chi connectivity index (χ0) is 26.2. The molecule has 0 radical (unpaired) electrons. The Balaban J connectivity index is 1.33. The van der Waals surface area contributed by atoms with Gasteiger partial charge in [-0.1, -0.05) is 30.7 Å². The van der Waals surface area contributed by atoms with E-state index in [0.29, 0.717) is 43.7 Å². The number of ether oxygens (including phenoxy) is 1. The third-order valence-electron chi connectivity index (χ3n) is 7.16. The van der Waals surface area contributed by atoms with E-state index in [1.807, 2.05) is 29.2 Å². The highest BCUT2D eigenvalue weighted by atomic mass is 35.5. The number of halogens is 1. The lowest BCUT2D eigenvalue weighted by atomic mass is 9.97. The number of nitrogens with zero attached hydrogens (tertiary/aromatic N) is 4. The first-order valence-corrected chi connectivity index (χ1v) is 13.4. The number of carbonyl (C=O) groups excluding carboxylic acids is 1. The van der Waals surface area contributed by atoms with E-state index in [2.05, 4.69) is 27.1 Å². The highest BCUT2D eigenvalue weighted by Crippen LogP contribution is 2.37. The second-order valence-corrected chi connectivity index (χ2v) is 10.2. The van der Waals surface area contributed by atoms with Crippen LogP contribution in [-0.4, -0.2) is 84.3 Å². The number of aryl methyl sites for hydroxylation is 1. The summed E-state index contributed by atoms with van der Waals surface area (Å²) in [5.41, 5.74) is 3.37. The summed E-state index contributed by atoms with van der Waals surface area (Å²) in [6.07, 6.45) is 4.54. The van der Waals surface area contributed by atoms with Gasteiger partial charge in [-0.25, -0.2) is 9.97 Å². The molecule has 10 heteroatoms. The van der Waals surface area contributed by atoms with E-state index in [9.17, 15) is 9.59 Å². The standard InChI is InChI=1S/C27H36ClN5O4/c1-19-3-8-23-25(19)26(31-18-30-23)32-11-13-33(14-12-32)27(36)22(20-4-6-21(28)7-5-20)17-29-10-2-15-37-16-9-24(34)35/h4-7,18-19,22,29H,2-3,8-17H2,1H3,(H,34,35)/t19-,22-/m1/s1. The van der Waals surface area contributed by atoms with E-state index in [-0.39, 0.29) is 24.9 Å². The summed E-state index contributed by atoms with van der Waals surface area (Å²) in [6.45, 7) is 6.90. The van der Waals surface area contributed by atoms with Gasteiger partial charge in [-0.2, -0.15) is 0 Å². The quantitative estimate of drug-likeness (QED) is 0.404. The molecule has 2 N–H and O–H groups in total. The van der Waals surface area contributed by atoms with E-state index in [4.69, 9.17) is 21.4 Å². The van der Waals surface area contributed by atoms with E-state index < -0.39 is 5.97 Å². The minimum atomic E-state index is -0.862. The predicted octanol–water partition coefficient (Wildman–Crippen LogP) is 3.08. The smallest absolute Gasteiger partial charge is 0.305 e. The Morgan fingerprint density at radius 3 is 2.65 bits per heavy atom. The van der Waals surface area contributed by atoms with Gasteiger partial charge in [0.15, 0.2) is 0 Å². The fraction of sp³-hybridized carbons (Fsp3) is 0.556. The number of piperazine rings is 1. The lowest BCUT2D eigenvalue weighted by molar-refractivity contribution is -0.138. The van der Waals surface area contributed by atoms with Crippen molar-refractivity contribution in [3.05, 3.63) is 52.4 Å². The van der Waals surface area contributed by atoms with Gasteiger partial charge in [0, 0.05) is 55.6 Å². The van der Waals surface area contributed by atoms with Crippen molar-refractivity contribution >= 4 is 29.3 Å². The topological polar surface area (TPSA) is 108 Å². The van der Waals surface area contributed by atoms with Crippen molar-refractivity contribution in [2.24, 2.45) is 0 Å². The van der Waals surface area contributed by atoms with Crippen molar-refractivity contribution in [2.45, 2.75) is 44.4 Å². The molecule has 37 heavy (non-hydrogen) atoms. The molecule has 4 rings (SSSR count). The van der Waals surface area contributed by atoms with Gasteiger partial charge in [-0.05, 0) is 49.4 Å².